The molecule has 6 heteroatoms. The third-order valence-corrected chi connectivity index (χ3v) is 4.29. The Morgan fingerprint density at radius 1 is 0.633 bits per heavy atom. The summed E-state index contributed by atoms with van der Waals surface area (Å²) in [6.45, 7) is 5.46. The lowest BCUT2D eigenvalue weighted by Gasteiger charge is -1.99. The van der Waals surface area contributed by atoms with Crippen molar-refractivity contribution in [3.63, 3.8) is 0 Å². The molecule has 0 aromatic heterocycles. The van der Waals surface area contributed by atoms with Crippen molar-refractivity contribution in [3.8, 4) is 0 Å². The van der Waals surface area contributed by atoms with E-state index in [1.54, 1.807) is 13.8 Å². The van der Waals surface area contributed by atoms with Crippen molar-refractivity contribution in [2.45, 2.75) is 124 Å². The number of amides is 1. The fourth-order valence-electron chi connectivity index (χ4n) is 2.37. The van der Waals surface area contributed by atoms with Crippen molar-refractivity contribution in [1.29, 1.82) is 0 Å². The average Bonchev–Trinajstić information content (AvgIpc) is 2.71. The molecule has 178 valence electrons. The molecule has 0 radical (unpaired) electrons. The number of hydrogen-bond donors (Lipinski definition) is 3. The highest BCUT2D eigenvalue weighted by molar-refractivity contribution is 5.73. The zero-order valence-corrected chi connectivity index (χ0v) is 19.7. The number of nitrogens with two attached hydrogens (primary N) is 1. The van der Waals surface area contributed by atoms with Gasteiger partial charge in [0.05, 0.1) is 0 Å². The SMILES string of the molecule is CCC(=O)O.CCC(=O)O.CCCCCCCC/C=C\CCCCCCCC(N)=O. The Hall–Kier alpha value is -1.85. The van der Waals surface area contributed by atoms with Crippen LogP contribution in [0.4, 0.5) is 0 Å². The molecule has 0 aromatic carbocycles. The number of unbranched alkanes of at least 4 members (excludes halogenated alkanes) is 11. The number of carbonyl (C=O) groups is 3. The van der Waals surface area contributed by atoms with Gasteiger partial charge in [0.15, 0.2) is 0 Å². The third-order valence-electron chi connectivity index (χ3n) is 4.29. The summed E-state index contributed by atoms with van der Waals surface area (Å²) in [6.07, 6.45) is 22.4. The van der Waals surface area contributed by atoms with E-state index in [1.807, 2.05) is 0 Å². The molecule has 0 saturated heterocycles. The number of rotatable bonds is 17. The van der Waals surface area contributed by atoms with E-state index in [2.05, 4.69) is 19.1 Å². The maximum Gasteiger partial charge on any atom is 0.303 e. The molecular formula is C24H47NO5. The van der Waals surface area contributed by atoms with Crippen LogP contribution < -0.4 is 5.73 Å². The summed E-state index contributed by atoms with van der Waals surface area (Å²) in [5.41, 5.74) is 5.10. The summed E-state index contributed by atoms with van der Waals surface area (Å²) in [7, 11) is 0. The highest BCUT2D eigenvalue weighted by Gasteiger charge is 1.94. The monoisotopic (exact) mass is 429 g/mol. The van der Waals surface area contributed by atoms with Crippen LogP contribution in [0.5, 0.6) is 0 Å². The Bertz CT molecular complexity index is 408. The molecule has 0 aliphatic heterocycles. The lowest BCUT2D eigenvalue weighted by molar-refractivity contribution is -0.137. The van der Waals surface area contributed by atoms with E-state index in [4.69, 9.17) is 15.9 Å². The first-order chi connectivity index (χ1) is 14.3. The van der Waals surface area contributed by atoms with Crippen LogP contribution in [0.3, 0.4) is 0 Å². The third kappa shape index (κ3) is 45.1. The topological polar surface area (TPSA) is 118 Å². The molecule has 0 aliphatic rings. The predicted octanol–water partition coefficient (Wildman–Crippen LogP) is 6.47. The van der Waals surface area contributed by atoms with Gasteiger partial charge in [-0.05, 0) is 32.1 Å². The van der Waals surface area contributed by atoms with Crippen molar-refractivity contribution in [2.75, 3.05) is 0 Å². The van der Waals surface area contributed by atoms with Gasteiger partial charge in [-0.15, -0.1) is 0 Å². The highest BCUT2D eigenvalue weighted by Crippen LogP contribution is 2.09. The van der Waals surface area contributed by atoms with Gasteiger partial charge < -0.3 is 15.9 Å². The number of aliphatic carboxylic acids is 2. The van der Waals surface area contributed by atoms with Crippen LogP contribution in [0, 0.1) is 0 Å². The van der Waals surface area contributed by atoms with E-state index >= 15 is 0 Å². The molecule has 0 rings (SSSR count). The average molecular weight is 430 g/mol. The van der Waals surface area contributed by atoms with Crippen LogP contribution in [0.2, 0.25) is 0 Å². The molecular weight excluding hydrogens is 382 g/mol. The second kappa shape index (κ2) is 29.4. The Kier molecular flexibility index (Phi) is 32.1. The molecule has 0 heterocycles. The van der Waals surface area contributed by atoms with Gasteiger partial charge in [0.25, 0.3) is 0 Å². The van der Waals surface area contributed by atoms with Gasteiger partial charge in [-0.3, -0.25) is 14.4 Å². The predicted molar refractivity (Wildman–Crippen MR) is 125 cm³/mol. The van der Waals surface area contributed by atoms with Crippen LogP contribution in [-0.4, -0.2) is 28.1 Å². The summed E-state index contributed by atoms with van der Waals surface area (Å²) in [4.78, 5) is 29.3. The molecule has 30 heavy (non-hydrogen) atoms. The van der Waals surface area contributed by atoms with E-state index in [9.17, 15) is 14.4 Å². The van der Waals surface area contributed by atoms with Crippen LogP contribution in [-0.2, 0) is 14.4 Å². The van der Waals surface area contributed by atoms with Crippen molar-refractivity contribution in [1.82, 2.24) is 0 Å². The van der Waals surface area contributed by atoms with Crippen molar-refractivity contribution < 1.29 is 24.6 Å². The Labute approximate surface area is 184 Å². The quantitative estimate of drug-likeness (QED) is 0.181. The highest BCUT2D eigenvalue weighted by atomic mass is 16.4. The van der Waals surface area contributed by atoms with Crippen LogP contribution in [0.25, 0.3) is 0 Å². The van der Waals surface area contributed by atoms with Gasteiger partial charge >= 0.3 is 11.9 Å². The zero-order valence-electron chi connectivity index (χ0n) is 19.7. The molecule has 0 atom stereocenters. The van der Waals surface area contributed by atoms with Gasteiger partial charge in [0, 0.05) is 19.3 Å². The number of carbonyl (C=O) groups excluding carboxylic acids is 1. The van der Waals surface area contributed by atoms with Gasteiger partial charge in [-0.1, -0.05) is 84.3 Å². The first kappa shape index (κ1) is 32.8. The molecule has 0 aliphatic carbocycles. The van der Waals surface area contributed by atoms with Crippen molar-refractivity contribution in [2.24, 2.45) is 5.73 Å². The van der Waals surface area contributed by atoms with E-state index in [0.29, 0.717) is 6.42 Å². The first-order valence-corrected chi connectivity index (χ1v) is 11.7. The fraction of sp³-hybridized carbons (Fsp3) is 0.792. The second-order valence-electron chi connectivity index (χ2n) is 7.30. The lowest BCUT2D eigenvalue weighted by Crippen LogP contribution is -2.09. The Morgan fingerprint density at radius 2 is 0.967 bits per heavy atom. The molecule has 0 spiro atoms. The minimum Gasteiger partial charge on any atom is -0.481 e. The molecule has 1 amide bonds. The Balaban J connectivity index is -0.000000599. The maximum atomic E-state index is 10.5. The molecule has 0 aromatic rings. The summed E-state index contributed by atoms with van der Waals surface area (Å²) in [5, 5.41) is 15.4. The normalized spacial score (nSPS) is 9.97. The Morgan fingerprint density at radius 3 is 1.30 bits per heavy atom. The van der Waals surface area contributed by atoms with E-state index in [0.717, 1.165) is 12.8 Å². The van der Waals surface area contributed by atoms with Gasteiger partial charge in [-0.2, -0.15) is 0 Å². The second-order valence-corrected chi connectivity index (χ2v) is 7.30. The fourth-order valence-corrected chi connectivity index (χ4v) is 2.37. The maximum absolute atomic E-state index is 10.5. The number of hydrogen-bond acceptors (Lipinski definition) is 3. The van der Waals surface area contributed by atoms with Gasteiger partial charge in [0.2, 0.25) is 5.91 Å². The van der Waals surface area contributed by atoms with E-state index in [1.165, 1.54) is 70.6 Å². The molecule has 4 N–H and O–H groups in total. The summed E-state index contributed by atoms with van der Waals surface area (Å²) >= 11 is 0. The van der Waals surface area contributed by atoms with E-state index in [-0.39, 0.29) is 18.7 Å². The van der Waals surface area contributed by atoms with Crippen molar-refractivity contribution >= 4 is 17.8 Å². The number of allylic oxidation sites excluding steroid dienone is 2. The van der Waals surface area contributed by atoms with Crippen molar-refractivity contribution in [3.05, 3.63) is 12.2 Å². The van der Waals surface area contributed by atoms with Crippen LogP contribution >= 0.6 is 0 Å². The number of carboxylic acid groups (broad SMARTS) is 2. The lowest BCUT2D eigenvalue weighted by atomic mass is 10.1. The summed E-state index contributed by atoms with van der Waals surface area (Å²) in [6, 6.07) is 0. The first-order valence-electron chi connectivity index (χ1n) is 11.7. The minimum absolute atomic E-state index is 0.164. The zero-order chi connectivity index (χ0) is 23.5. The summed E-state index contributed by atoms with van der Waals surface area (Å²) in [5.74, 6) is -1.65. The number of carboxylic acids is 2. The standard InChI is InChI=1S/C18H35NO.2C3H6O2/c1-2-3-4-5-6-7-8-9-10-11-12-13-14-15-16-17-18(19)20;2*1-2-3(4)5/h9-10H,2-8,11-17H2,1H3,(H2,19,20);2*2H2,1H3,(H,4,5)/b10-9-;;. The van der Waals surface area contributed by atoms with Gasteiger partial charge in [-0.25, -0.2) is 0 Å². The molecule has 0 unspecified atom stereocenters. The van der Waals surface area contributed by atoms with Gasteiger partial charge in [0.1, 0.15) is 0 Å². The van der Waals surface area contributed by atoms with Crippen LogP contribution in [0.15, 0.2) is 12.2 Å². The summed E-state index contributed by atoms with van der Waals surface area (Å²) < 4.78 is 0. The molecule has 6 nitrogen and oxygen atoms in total. The smallest absolute Gasteiger partial charge is 0.303 e. The molecule has 0 bridgehead atoms. The largest absolute Gasteiger partial charge is 0.481 e. The van der Waals surface area contributed by atoms with E-state index < -0.39 is 11.9 Å². The molecule has 0 fully saturated rings. The molecule has 0 saturated carbocycles. The van der Waals surface area contributed by atoms with Crippen LogP contribution in [0.1, 0.15) is 124 Å². The minimum atomic E-state index is -0.745. The number of primary amides is 1.